The molecule has 6 nitrogen and oxygen atoms in total. The Morgan fingerprint density at radius 2 is 2.21 bits per heavy atom. The van der Waals surface area contributed by atoms with Gasteiger partial charge in [-0.15, -0.1) is 0 Å². The molecule has 0 spiro atoms. The Labute approximate surface area is 120 Å². The van der Waals surface area contributed by atoms with Crippen LogP contribution >= 0.6 is 27.3 Å². The number of nitrogens with zero attached hydrogens (tertiary/aromatic N) is 4. The molecule has 0 aromatic carbocycles. The van der Waals surface area contributed by atoms with Crippen LogP contribution in [0.5, 0.6) is 0 Å². The van der Waals surface area contributed by atoms with E-state index in [1.54, 1.807) is 19.3 Å². The maximum atomic E-state index is 12.0. The summed E-state index contributed by atoms with van der Waals surface area (Å²) in [5.41, 5.74) is 1.24. The predicted octanol–water partition coefficient (Wildman–Crippen LogP) is 2.44. The van der Waals surface area contributed by atoms with Crippen LogP contribution in [-0.2, 0) is 7.05 Å². The molecule has 0 aliphatic carbocycles. The molecule has 0 saturated carbocycles. The molecule has 3 rings (SSSR count). The van der Waals surface area contributed by atoms with E-state index in [-0.39, 0.29) is 5.91 Å². The van der Waals surface area contributed by atoms with Gasteiger partial charge in [-0.2, -0.15) is 5.10 Å². The number of halogens is 1. The van der Waals surface area contributed by atoms with Gasteiger partial charge in [0.1, 0.15) is 20.6 Å². The van der Waals surface area contributed by atoms with E-state index in [0.29, 0.717) is 10.8 Å². The topological polar surface area (TPSA) is 72.7 Å². The lowest BCUT2D eigenvalue weighted by Gasteiger charge is -2.00. The molecule has 3 aromatic heterocycles. The van der Waals surface area contributed by atoms with Crippen molar-refractivity contribution in [1.29, 1.82) is 0 Å². The number of nitrogens with one attached hydrogen (secondary N) is 1. The molecular weight excluding hydrogens is 330 g/mol. The summed E-state index contributed by atoms with van der Waals surface area (Å²) in [6.45, 7) is 0. The van der Waals surface area contributed by atoms with Gasteiger partial charge in [0, 0.05) is 13.2 Å². The number of aromatic nitrogens is 4. The molecule has 0 radical (unpaired) electrons. The van der Waals surface area contributed by atoms with Crippen molar-refractivity contribution >= 4 is 48.7 Å². The number of amides is 1. The standard InChI is InChI=1S/C11H8BrN5OS/c1-17-7(4-5-13-17)9(18)16-11-14-6-2-3-8(12)15-10(6)19-11/h2-5H,1H3,(H,14,16,18). The Hall–Kier alpha value is -1.80. The number of carbonyl (C=O) groups is 1. The van der Waals surface area contributed by atoms with Crippen LogP contribution in [0.15, 0.2) is 29.0 Å². The normalized spacial score (nSPS) is 10.8. The summed E-state index contributed by atoms with van der Waals surface area (Å²) in [5, 5.41) is 7.22. The van der Waals surface area contributed by atoms with Gasteiger partial charge in [0.25, 0.3) is 5.91 Å². The molecule has 0 aliphatic rings. The number of pyridine rings is 1. The Bertz CT molecular complexity index is 765. The fourth-order valence-corrected chi connectivity index (χ4v) is 2.87. The Morgan fingerprint density at radius 1 is 1.37 bits per heavy atom. The highest BCUT2D eigenvalue weighted by Gasteiger charge is 2.13. The maximum Gasteiger partial charge on any atom is 0.275 e. The van der Waals surface area contributed by atoms with Crippen molar-refractivity contribution in [2.45, 2.75) is 0 Å². The lowest BCUT2D eigenvalue weighted by Crippen LogP contribution is -2.15. The molecule has 3 heterocycles. The second kappa shape index (κ2) is 4.71. The molecule has 3 aromatic rings. The highest BCUT2D eigenvalue weighted by Crippen LogP contribution is 2.25. The second-order valence-corrected chi connectivity index (χ2v) is 5.56. The lowest BCUT2D eigenvalue weighted by molar-refractivity contribution is 0.101. The fourth-order valence-electron chi connectivity index (χ4n) is 1.61. The number of hydrogen-bond acceptors (Lipinski definition) is 5. The highest BCUT2D eigenvalue weighted by atomic mass is 79.9. The first-order valence-electron chi connectivity index (χ1n) is 5.36. The third kappa shape index (κ3) is 2.36. The Kier molecular flexibility index (Phi) is 3.03. The van der Waals surface area contributed by atoms with Gasteiger partial charge in [-0.3, -0.25) is 14.8 Å². The molecule has 8 heteroatoms. The molecule has 1 amide bonds. The molecule has 1 N–H and O–H groups in total. The summed E-state index contributed by atoms with van der Waals surface area (Å²) >= 11 is 4.63. The van der Waals surface area contributed by atoms with E-state index in [1.807, 2.05) is 12.1 Å². The third-order valence-electron chi connectivity index (χ3n) is 2.50. The van der Waals surface area contributed by atoms with Crippen LogP contribution in [0.4, 0.5) is 5.13 Å². The Morgan fingerprint density at radius 3 is 2.95 bits per heavy atom. The molecule has 0 unspecified atom stereocenters. The number of thiazole rings is 1. The molecule has 0 bridgehead atoms. The highest BCUT2D eigenvalue weighted by molar-refractivity contribution is 9.10. The number of anilines is 1. The van der Waals surface area contributed by atoms with Crippen molar-refractivity contribution in [3.63, 3.8) is 0 Å². The number of rotatable bonds is 2. The third-order valence-corrected chi connectivity index (χ3v) is 3.82. The minimum Gasteiger partial charge on any atom is -0.296 e. The van der Waals surface area contributed by atoms with Gasteiger partial charge in [0.15, 0.2) is 5.13 Å². The van der Waals surface area contributed by atoms with Crippen LogP contribution in [-0.4, -0.2) is 25.7 Å². The number of hydrogen-bond donors (Lipinski definition) is 1. The van der Waals surface area contributed by atoms with Gasteiger partial charge in [-0.05, 0) is 34.1 Å². The van der Waals surface area contributed by atoms with E-state index in [0.717, 1.165) is 15.0 Å². The zero-order valence-corrected chi connectivity index (χ0v) is 12.2. The van der Waals surface area contributed by atoms with E-state index in [2.05, 4.69) is 36.3 Å². The van der Waals surface area contributed by atoms with Crippen LogP contribution in [0.1, 0.15) is 10.5 Å². The van der Waals surface area contributed by atoms with E-state index < -0.39 is 0 Å². The lowest BCUT2D eigenvalue weighted by atomic mass is 10.4. The van der Waals surface area contributed by atoms with Crippen molar-refractivity contribution in [2.24, 2.45) is 7.05 Å². The van der Waals surface area contributed by atoms with Crippen molar-refractivity contribution < 1.29 is 4.79 Å². The van der Waals surface area contributed by atoms with Crippen molar-refractivity contribution in [3.05, 3.63) is 34.7 Å². The van der Waals surface area contributed by atoms with Gasteiger partial charge in [-0.25, -0.2) is 9.97 Å². The van der Waals surface area contributed by atoms with Crippen LogP contribution < -0.4 is 5.32 Å². The summed E-state index contributed by atoms with van der Waals surface area (Å²) in [7, 11) is 1.71. The molecule has 96 valence electrons. The molecular formula is C11H8BrN5OS. The summed E-state index contributed by atoms with van der Waals surface area (Å²) in [5.74, 6) is -0.238. The quantitative estimate of drug-likeness (QED) is 0.729. The fraction of sp³-hybridized carbons (Fsp3) is 0.0909. The summed E-state index contributed by atoms with van der Waals surface area (Å²) in [6.07, 6.45) is 1.58. The van der Waals surface area contributed by atoms with Crippen molar-refractivity contribution in [3.8, 4) is 0 Å². The second-order valence-electron chi connectivity index (χ2n) is 3.77. The first-order valence-corrected chi connectivity index (χ1v) is 6.97. The summed E-state index contributed by atoms with van der Waals surface area (Å²) in [4.78, 5) is 21.4. The van der Waals surface area contributed by atoms with Crippen LogP contribution in [0.3, 0.4) is 0 Å². The predicted molar refractivity (Wildman–Crippen MR) is 76.3 cm³/mol. The minimum atomic E-state index is -0.238. The molecule has 19 heavy (non-hydrogen) atoms. The van der Waals surface area contributed by atoms with E-state index in [9.17, 15) is 4.79 Å². The van der Waals surface area contributed by atoms with Crippen LogP contribution in [0.25, 0.3) is 10.3 Å². The van der Waals surface area contributed by atoms with Gasteiger partial charge in [0.05, 0.1) is 0 Å². The molecule has 0 aliphatic heterocycles. The first kappa shape index (κ1) is 12.2. The summed E-state index contributed by atoms with van der Waals surface area (Å²) < 4.78 is 2.26. The van der Waals surface area contributed by atoms with E-state index >= 15 is 0 Å². The first-order chi connectivity index (χ1) is 9.13. The SMILES string of the molecule is Cn1nccc1C(=O)Nc1nc2ccc(Br)nc2s1. The van der Waals surface area contributed by atoms with Crippen LogP contribution in [0.2, 0.25) is 0 Å². The van der Waals surface area contributed by atoms with Gasteiger partial charge in [0.2, 0.25) is 0 Å². The average Bonchev–Trinajstić information content (AvgIpc) is 2.94. The molecule has 0 atom stereocenters. The minimum absolute atomic E-state index is 0.238. The largest absolute Gasteiger partial charge is 0.296 e. The van der Waals surface area contributed by atoms with Crippen LogP contribution in [0, 0.1) is 0 Å². The number of carbonyl (C=O) groups excluding carboxylic acids is 1. The molecule has 0 saturated heterocycles. The maximum absolute atomic E-state index is 12.0. The number of aryl methyl sites for hydroxylation is 1. The van der Waals surface area contributed by atoms with Crippen molar-refractivity contribution in [2.75, 3.05) is 5.32 Å². The molecule has 0 fully saturated rings. The van der Waals surface area contributed by atoms with E-state index in [1.165, 1.54) is 16.0 Å². The van der Waals surface area contributed by atoms with Gasteiger partial charge in [-0.1, -0.05) is 11.3 Å². The zero-order valence-electron chi connectivity index (χ0n) is 9.79. The van der Waals surface area contributed by atoms with Crippen molar-refractivity contribution in [1.82, 2.24) is 19.7 Å². The zero-order chi connectivity index (χ0) is 13.4. The Balaban J connectivity index is 1.89. The van der Waals surface area contributed by atoms with E-state index in [4.69, 9.17) is 0 Å². The average molecular weight is 338 g/mol. The smallest absolute Gasteiger partial charge is 0.275 e. The monoisotopic (exact) mass is 337 g/mol. The number of fused-ring (bicyclic) bond motifs is 1. The summed E-state index contributed by atoms with van der Waals surface area (Å²) in [6, 6.07) is 5.31. The van der Waals surface area contributed by atoms with Gasteiger partial charge < -0.3 is 0 Å². The van der Waals surface area contributed by atoms with Gasteiger partial charge >= 0.3 is 0 Å².